The lowest BCUT2D eigenvalue weighted by molar-refractivity contribution is 0.0997. The van der Waals surface area contributed by atoms with Crippen molar-refractivity contribution in [1.29, 1.82) is 0 Å². The predicted octanol–water partition coefficient (Wildman–Crippen LogP) is 5.36. The van der Waals surface area contributed by atoms with Crippen LogP contribution in [-0.4, -0.2) is 22.3 Å². The molecule has 0 N–H and O–H groups in total. The van der Waals surface area contributed by atoms with Crippen LogP contribution in [0.2, 0.25) is 0 Å². The number of rotatable bonds is 6. The summed E-state index contributed by atoms with van der Waals surface area (Å²) >= 11 is 3.26. The number of ether oxygens (including phenoxy) is 1. The van der Waals surface area contributed by atoms with E-state index in [0.717, 1.165) is 27.4 Å². The van der Waals surface area contributed by atoms with Crippen molar-refractivity contribution in [2.75, 3.05) is 6.61 Å². The van der Waals surface area contributed by atoms with Crippen LogP contribution in [0.1, 0.15) is 38.1 Å². The van der Waals surface area contributed by atoms with Gasteiger partial charge in [-0.2, -0.15) is 4.99 Å². The second-order valence-corrected chi connectivity index (χ2v) is 8.94. The largest absolute Gasteiger partial charge is 0.492 e. The molecule has 0 radical (unpaired) electrons. The number of thiazole rings is 1. The number of carbonyl (C=O) groups excluding carboxylic acids is 1. The minimum atomic E-state index is -0.215. The fraction of sp³-hybridized carbons (Fsp3) is 0.333. The smallest absolute Gasteiger partial charge is 0.279 e. The van der Waals surface area contributed by atoms with Gasteiger partial charge >= 0.3 is 0 Å². The molecule has 3 aromatic rings. The Morgan fingerprint density at radius 3 is 2.70 bits per heavy atom. The summed E-state index contributed by atoms with van der Waals surface area (Å²) in [5, 5.41) is 0.467. The second-order valence-electron chi connectivity index (χ2n) is 6.28. The summed E-state index contributed by atoms with van der Waals surface area (Å²) in [4.78, 5) is 19.0. The molecule has 1 aromatic heterocycles. The van der Waals surface area contributed by atoms with Gasteiger partial charge in [0.2, 0.25) is 0 Å². The minimum absolute atomic E-state index is 0.215. The molecule has 4 nitrogen and oxygen atoms in total. The summed E-state index contributed by atoms with van der Waals surface area (Å²) in [6.07, 6.45) is 0. The highest BCUT2D eigenvalue weighted by Crippen LogP contribution is 2.28. The van der Waals surface area contributed by atoms with Crippen molar-refractivity contribution in [2.24, 2.45) is 4.99 Å². The molecule has 0 bridgehead atoms. The Labute approximate surface area is 167 Å². The van der Waals surface area contributed by atoms with Gasteiger partial charge in [0.05, 0.1) is 11.3 Å². The topological polar surface area (TPSA) is 43.6 Å². The number of nitrogens with zero attached hydrogens (tertiary/aromatic N) is 2. The number of fused-ring (bicyclic) bond motifs is 1. The number of hydrogen-bond donors (Lipinski definition) is 0. The van der Waals surface area contributed by atoms with E-state index in [0.29, 0.717) is 22.2 Å². The summed E-state index contributed by atoms with van der Waals surface area (Å²) in [5.41, 5.74) is 1.62. The van der Waals surface area contributed by atoms with Gasteiger partial charge in [-0.1, -0.05) is 37.3 Å². The van der Waals surface area contributed by atoms with Crippen molar-refractivity contribution in [3.63, 3.8) is 0 Å². The lowest BCUT2D eigenvalue weighted by atomic mass is 10.2. The molecule has 0 fully saturated rings. The SMILES string of the molecule is CCOc1cccc2sc(=NC(=O)c3cccc(SC(C)C)c3)n(CC)c12. The van der Waals surface area contributed by atoms with E-state index in [2.05, 4.69) is 30.3 Å². The number of hydrogen-bond acceptors (Lipinski definition) is 4. The Hall–Kier alpha value is -2.05. The van der Waals surface area contributed by atoms with E-state index in [1.807, 2.05) is 49.4 Å². The van der Waals surface area contributed by atoms with Gasteiger partial charge in [0.1, 0.15) is 11.3 Å². The first kappa shape index (κ1) is 19.7. The zero-order valence-corrected chi connectivity index (χ0v) is 17.7. The molecule has 1 heterocycles. The summed E-state index contributed by atoms with van der Waals surface area (Å²) in [5.74, 6) is 0.616. The third-order valence-corrected chi connectivity index (χ3v) is 5.97. The van der Waals surface area contributed by atoms with E-state index in [9.17, 15) is 4.79 Å². The molecule has 0 saturated carbocycles. The Kier molecular flexibility index (Phi) is 6.39. The van der Waals surface area contributed by atoms with Crippen LogP contribution in [0.4, 0.5) is 0 Å². The molecule has 142 valence electrons. The number of amides is 1. The highest BCUT2D eigenvalue weighted by molar-refractivity contribution is 7.99. The van der Waals surface area contributed by atoms with Gasteiger partial charge in [0.25, 0.3) is 5.91 Å². The summed E-state index contributed by atoms with van der Waals surface area (Å²) in [7, 11) is 0. The van der Waals surface area contributed by atoms with E-state index in [-0.39, 0.29) is 5.91 Å². The molecule has 1 amide bonds. The molecule has 0 saturated heterocycles. The van der Waals surface area contributed by atoms with Crippen molar-refractivity contribution in [2.45, 2.75) is 44.4 Å². The molecule has 0 unspecified atom stereocenters. The summed E-state index contributed by atoms with van der Waals surface area (Å²) < 4.78 is 8.89. The average molecular weight is 401 g/mol. The number of thioether (sulfide) groups is 1. The van der Waals surface area contributed by atoms with Crippen LogP contribution in [-0.2, 0) is 6.54 Å². The molecule has 2 aromatic carbocycles. The van der Waals surface area contributed by atoms with E-state index < -0.39 is 0 Å². The van der Waals surface area contributed by atoms with Gasteiger partial charge < -0.3 is 9.30 Å². The number of para-hydroxylation sites is 1. The molecule has 0 aliphatic rings. The maximum absolute atomic E-state index is 12.8. The van der Waals surface area contributed by atoms with E-state index in [4.69, 9.17) is 4.74 Å². The third-order valence-electron chi connectivity index (χ3n) is 3.93. The maximum Gasteiger partial charge on any atom is 0.279 e. The van der Waals surface area contributed by atoms with Crippen LogP contribution in [0.25, 0.3) is 10.2 Å². The normalized spacial score (nSPS) is 12.1. The lowest BCUT2D eigenvalue weighted by Crippen LogP contribution is -2.16. The zero-order valence-electron chi connectivity index (χ0n) is 16.1. The highest BCUT2D eigenvalue weighted by atomic mass is 32.2. The molecule has 27 heavy (non-hydrogen) atoms. The van der Waals surface area contributed by atoms with E-state index in [1.54, 1.807) is 11.8 Å². The van der Waals surface area contributed by atoms with Crippen LogP contribution in [0, 0.1) is 0 Å². The summed E-state index contributed by atoms with van der Waals surface area (Å²) in [6.45, 7) is 9.63. The average Bonchev–Trinajstić information content (AvgIpc) is 2.99. The first-order chi connectivity index (χ1) is 13.0. The Morgan fingerprint density at radius 2 is 2.00 bits per heavy atom. The van der Waals surface area contributed by atoms with E-state index in [1.165, 1.54) is 11.3 Å². The van der Waals surface area contributed by atoms with Crippen molar-refractivity contribution in [3.05, 3.63) is 52.8 Å². The Bertz CT molecular complexity index is 1020. The first-order valence-corrected chi connectivity index (χ1v) is 10.8. The summed E-state index contributed by atoms with van der Waals surface area (Å²) in [6, 6.07) is 13.7. The molecule has 0 spiro atoms. The van der Waals surface area contributed by atoms with Gasteiger partial charge in [-0.05, 0) is 44.2 Å². The van der Waals surface area contributed by atoms with Gasteiger partial charge in [0, 0.05) is 22.3 Å². The van der Waals surface area contributed by atoms with Gasteiger partial charge in [-0.25, -0.2) is 0 Å². The first-order valence-electron chi connectivity index (χ1n) is 9.14. The maximum atomic E-state index is 12.8. The van der Waals surface area contributed by atoms with Gasteiger partial charge in [-0.15, -0.1) is 11.8 Å². The molecule has 6 heteroatoms. The number of carbonyl (C=O) groups is 1. The van der Waals surface area contributed by atoms with Crippen LogP contribution in [0.5, 0.6) is 5.75 Å². The van der Waals surface area contributed by atoms with Crippen molar-refractivity contribution < 1.29 is 9.53 Å². The highest BCUT2D eigenvalue weighted by Gasteiger charge is 2.12. The lowest BCUT2D eigenvalue weighted by Gasteiger charge is -2.07. The second kappa shape index (κ2) is 8.76. The Morgan fingerprint density at radius 1 is 1.22 bits per heavy atom. The molecular weight excluding hydrogens is 376 g/mol. The van der Waals surface area contributed by atoms with Gasteiger partial charge in [-0.3, -0.25) is 4.79 Å². The number of benzene rings is 2. The molecule has 0 aliphatic carbocycles. The van der Waals surface area contributed by atoms with Crippen LogP contribution in [0.15, 0.2) is 52.4 Å². The predicted molar refractivity (Wildman–Crippen MR) is 114 cm³/mol. The third kappa shape index (κ3) is 4.45. The fourth-order valence-corrected chi connectivity index (χ4v) is 4.88. The number of aryl methyl sites for hydroxylation is 1. The zero-order chi connectivity index (χ0) is 19.4. The van der Waals surface area contributed by atoms with Crippen molar-refractivity contribution in [3.8, 4) is 5.75 Å². The molecular formula is C21H24N2O2S2. The van der Waals surface area contributed by atoms with Crippen LogP contribution < -0.4 is 9.54 Å². The molecule has 3 rings (SSSR count). The molecule has 0 aliphatic heterocycles. The van der Waals surface area contributed by atoms with Crippen LogP contribution >= 0.6 is 23.1 Å². The molecule has 0 atom stereocenters. The van der Waals surface area contributed by atoms with Crippen molar-refractivity contribution in [1.82, 2.24) is 4.57 Å². The number of aromatic nitrogens is 1. The fourth-order valence-electron chi connectivity index (χ4n) is 2.87. The van der Waals surface area contributed by atoms with Crippen LogP contribution in [0.3, 0.4) is 0 Å². The quantitative estimate of drug-likeness (QED) is 0.523. The standard InChI is InChI=1S/C21H24N2O2S2/c1-5-23-19-17(25-6-2)11-8-12-18(19)27-21(23)22-20(24)15-9-7-10-16(13-15)26-14(3)4/h7-14H,5-6H2,1-4H3. The monoisotopic (exact) mass is 400 g/mol. The van der Waals surface area contributed by atoms with Gasteiger partial charge in [0.15, 0.2) is 4.80 Å². The van der Waals surface area contributed by atoms with E-state index >= 15 is 0 Å². The Balaban J connectivity index is 2.05. The van der Waals surface area contributed by atoms with Crippen molar-refractivity contribution >= 4 is 39.2 Å². The minimum Gasteiger partial charge on any atom is -0.492 e.